The van der Waals surface area contributed by atoms with E-state index < -0.39 is 0 Å². The first kappa shape index (κ1) is 17.4. The van der Waals surface area contributed by atoms with Crippen molar-refractivity contribution in [1.29, 1.82) is 0 Å². The standard InChI is InChI=1S/C19H21ClN4O2S/c1-18(2)10-23(11-19(26-18)7-8-25-12-19)17-22-24-9-15(21-16(24)27-17)13-3-5-14(20)6-4-13/h3-6,9H,7-8,10-12H2,1-2H3. The number of aromatic nitrogens is 3. The Kier molecular flexibility index (Phi) is 3.98. The van der Waals surface area contributed by atoms with Crippen molar-refractivity contribution in [1.82, 2.24) is 14.6 Å². The Morgan fingerprint density at radius 2 is 2.00 bits per heavy atom. The van der Waals surface area contributed by atoms with Crippen molar-refractivity contribution in [3.63, 3.8) is 0 Å². The van der Waals surface area contributed by atoms with Crippen LogP contribution in [0.3, 0.4) is 0 Å². The molecule has 2 aromatic heterocycles. The average molecular weight is 405 g/mol. The lowest BCUT2D eigenvalue weighted by molar-refractivity contribution is -0.151. The summed E-state index contributed by atoms with van der Waals surface area (Å²) >= 11 is 7.59. The molecule has 5 rings (SSSR count). The summed E-state index contributed by atoms with van der Waals surface area (Å²) in [4.78, 5) is 7.95. The fraction of sp³-hybridized carbons (Fsp3) is 0.474. The van der Waals surface area contributed by atoms with Gasteiger partial charge in [-0.3, -0.25) is 0 Å². The third kappa shape index (κ3) is 3.23. The highest BCUT2D eigenvalue weighted by atomic mass is 35.5. The lowest BCUT2D eigenvalue weighted by Gasteiger charge is -2.47. The molecule has 2 aliphatic heterocycles. The van der Waals surface area contributed by atoms with Gasteiger partial charge in [-0.2, -0.15) is 0 Å². The van der Waals surface area contributed by atoms with E-state index in [1.165, 1.54) is 0 Å². The van der Waals surface area contributed by atoms with E-state index >= 15 is 0 Å². The number of benzene rings is 1. The summed E-state index contributed by atoms with van der Waals surface area (Å²) in [5.41, 5.74) is 1.46. The molecule has 0 saturated carbocycles. The summed E-state index contributed by atoms with van der Waals surface area (Å²) in [5.74, 6) is 0. The first-order chi connectivity index (χ1) is 12.9. The summed E-state index contributed by atoms with van der Waals surface area (Å²) < 4.78 is 13.9. The number of hydrogen-bond acceptors (Lipinski definition) is 6. The van der Waals surface area contributed by atoms with Crippen LogP contribution in [0.25, 0.3) is 16.2 Å². The first-order valence-corrected chi connectivity index (χ1v) is 10.3. The summed E-state index contributed by atoms with van der Waals surface area (Å²) in [5, 5.41) is 6.49. The van der Waals surface area contributed by atoms with E-state index in [1.54, 1.807) is 11.3 Å². The predicted octanol–water partition coefficient (Wildman–Crippen LogP) is 3.89. The molecule has 0 radical (unpaired) electrons. The first-order valence-electron chi connectivity index (χ1n) is 9.07. The predicted molar refractivity (Wildman–Crippen MR) is 107 cm³/mol. The Hall–Kier alpha value is -1.67. The van der Waals surface area contributed by atoms with Gasteiger partial charge in [0.25, 0.3) is 0 Å². The van der Waals surface area contributed by atoms with E-state index in [4.69, 9.17) is 31.2 Å². The summed E-state index contributed by atoms with van der Waals surface area (Å²) in [6.45, 7) is 7.28. The van der Waals surface area contributed by atoms with Crippen LogP contribution in [0, 0.1) is 0 Å². The van der Waals surface area contributed by atoms with Crippen LogP contribution in [-0.2, 0) is 9.47 Å². The van der Waals surface area contributed by atoms with Crippen molar-refractivity contribution in [2.45, 2.75) is 31.5 Å². The van der Waals surface area contributed by atoms with Gasteiger partial charge in [-0.05, 0) is 26.0 Å². The zero-order valence-corrected chi connectivity index (χ0v) is 16.9. The zero-order chi connectivity index (χ0) is 18.6. The van der Waals surface area contributed by atoms with Gasteiger partial charge in [-0.15, -0.1) is 5.10 Å². The van der Waals surface area contributed by atoms with E-state index in [0.717, 1.165) is 52.5 Å². The Labute approximate surface area is 166 Å². The molecule has 0 aliphatic carbocycles. The normalized spacial score (nSPS) is 24.9. The number of imidazole rings is 1. The number of halogens is 1. The molecule has 142 valence electrons. The maximum Gasteiger partial charge on any atom is 0.214 e. The minimum atomic E-state index is -0.242. The van der Waals surface area contributed by atoms with E-state index in [1.807, 2.05) is 35.0 Å². The van der Waals surface area contributed by atoms with E-state index in [2.05, 4.69) is 18.7 Å². The highest BCUT2D eigenvalue weighted by molar-refractivity contribution is 7.20. The number of nitrogens with zero attached hydrogens (tertiary/aromatic N) is 4. The van der Waals surface area contributed by atoms with Gasteiger partial charge >= 0.3 is 0 Å². The van der Waals surface area contributed by atoms with Crippen molar-refractivity contribution in [3.05, 3.63) is 35.5 Å². The number of rotatable bonds is 2. The van der Waals surface area contributed by atoms with Crippen molar-refractivity contribution in [2.24, 2.45) is 0 Å². The molecule has 1 spiro atoms. The highest BCUT2D eigenvalue weighted by Gasteiger charge is 2.47. The van der Waals surface area contributed by atoms with Gasteiger partial charge < -0.3 is 14.4 Å². The van der Waals surface area contributed by atoms with Crippen LogP contribution < -0.4 is 4.90 Å². The molecule has 27 heavy (non-hydrogen) atoms. The second kappa shape index (κ2) is 6.17. The summed E-state index contributed by atoms with van der Waals surface area (Å²) in [6.07, 6.45) is 2.90. The molecule has 3 aromatic rings. The Bertz CT molecular complexity index is 944. The van der Waals surface area contributed by atoms with Gasteiger partial charge in [-0.1, -0.05) is 35.1 Å². The molecule has 1 aromatic carbocycles. The highest BCUT2D eigenvalue weighted by Crippen LogP contribution is 2.38. The Morgan fingerprint density at radius 1 is 1.19 bits per heavy atom. The number of fused-ring (bicyclic) bond motifs is 1. The van der Waals surface area contributed by atoms with Crippen LogP contribution in [0.5, 0.6) is 0 Å². The molecule has 0 bridgehead atoms. The molecular formula is C19H21ClN4O2S. The minimum Gasteiger partial charge on any atom is -0.378 e. The number of anilines is 1. The summed E-state index contributed by atoms with van der Waals surface area (Å²) in [7, 11) is 0. The quantitative estimate of drug-likeness (QED) is 0.648. The molecule has 4 heterocycles. The smallest absolute Gasteiger partial charge is 0.214 e. The number of ether oxygens (including phenoxy) is 2. The topological polar surface area (TPSA) is 51.9 Å². The lowest BCUT2D eigenvalue weighted by atomic mass is 9.95. The second-order valence-corrected chi connectivity index (χ2v) is 9.32. The SMILES string of the molecule is CC1(C)CN(c2nn3cc(-c4ccc(Cl)cc4)nc3s2)CC2(CCOC2)O1. The van der Waals surface area contributed by atoms with Crippen molar-refractivity contribution in [2.75, 3.05) is 31.2 Å². The maximum atomic E-state index is 6.39. The fourth-order valence-corrected chi connectivity index (χ4v) is 5.03. The van der Waals surface area contributed by atoms with Crippen LogP contribution in [0.1, 0.15) is 20.3 Å². The Balaban J connectivity index is 1.45. The third-order valence-electron chi connectivity index (χ3n) is 5.05. The average Bonchev–Trinajstić information content (AvgIpc) is 3.29. The van der Waals surface area contributed by atoms with Crippen molar-refractivity contribution >= 4 is 33.0 Å². The molecule has 2 fully saturated rings. The van der Waals surface area contributed by atoms with E-state index in [9.17, 15) is 0 Å². The van der Waals surface area contributed by atoms with Crippen molar-refractivity contribution in [3.8, 4) is 11.3 Å². The Morgan fingerprint density at radius 3 is 2.70 bits per heavy atom. The molecular weight excluding hydrogens is 384 g/mol. The molecule has 0 amide bonds. The maximum absolute atomic E-state index is 6.39. The monoisotopic (exact) mass is 404 g/mol. The van der Waals surface area contributed by atoms with E-state index in [-0.39, 0.29) is 11.2 Å². The number of hydrogen-bond donors (Lipinski definition) is 0. The number of morpholine rings is 1. The van der Waals surface area contributed by atoms with Crippen LogP contribution in [0.15, 0.2) is 30.5 Å². The van der Waals surface area contributed by atoms with Gasteiger partial charge in [0.15, 0.2) is 0 Å². The van der Waals surface area contributed by atoms with E-state index in [0.29, 0.717) is 6.61 Å². The molecule has 8 heteroatoms. The van der Waals surface area contributed by atoms with Crippen LogP contribution in [0.4, 0.5) is 5.13 Å². The van der Waals surface area contributed by atoms with Gasteiger partial charge in [0.1, 0.15) is 5.60 Å². The molecule has 1 atom stereocenters. The summed E-state index contributed by atoms with van der Waals surface area (Å²) in [6, 6.07) is 7.71. The van der Waals surface area contributed by atoms with Crippen molar-refractivity contribution < 1.29 is 9.47 Å². The van der Waals surface area contributed by atoms with Gasteiger partial charge in [0.05, 0.1) is 30.6 Å². The fourth-order valence-electron chi connectivity index (χ4n) is 4.02. The molecule has 6 nitrogen and oxygen atoms in total. The third-order valence-corrected chi connectivity index (χ3v) is 6.29. The lowest BCUT2D eigenvalue weighted by Crippen LogP contribution is -2.60. The van der Waals surface area contributed by atoms with Gasteiger partial charge in [0.2, 0.25) is 10.1 Å². The van der Waals surface area contributed by atoms with Crippen LogP contribution in [0.2, 0.25) is 5.02 Å². The molecule has 0 N–H and O–H groups in total. The second-order valence-electron chi connectivity index (χ2n) is 7.95. The van der Waals surface area contributed by atoms with Gasteiger partial charge in [0, 0.05) is 30.2 Å². The van der Waals surface area contributed by atoms with Crippen LogP contribution >= 0.6 is 22.9 Å². The molecule has 2 aliphatic rings. The minimum absolute atomic E-state index is 0.232. The van der Waals surface area contributed by atoms with Gasteiger partial charge in [-0.25, -0.2) is 9.50 Å². The zero-order valence-electron chi connectivity index (χ0n) is 15.3. The molecule has 2 saturated heterocycles. The van der Waals surface area contributed by atoms with Crippen LogP contribution in [-0.4, -0.2) is 52.1 Å². The largest absolute Gasteiger partial charge is 0.378 e. The molecule has 1 unspecified atom stereocenters.